The standard InChI is InChI=1S/C15H22N2O4/c1-9-6-10(4-5-21-9)17-15(18)12-7-11(19-2)8-13(20-3)14(12)16/h7-10H,4-6,16H2,1-3H3,(H,17,18). The average Bonchev–Trinajstić information content (AvgIpc) is 2.47. The molecule has 21 heavy (non-hydrogen) atoms. The van der Waals surface area contributed by atoms with Crippen LogP contribution in [0.4, 0.5) is 5.69 Å². The van der Waals surface area contributed by atoms with Crippen LogP contribution in [0.1, 0.15) is 30.1 Å². The van der Waals surface area contributed by atoms with E-state index in [9.17, 15) is 4.79 Å². The van der Waals surface area contributed by atoms with Gasteiger partial charge in [-0.3, -0.25) is 4.79 Å². The third-order valence-corrected chi connectivity index (χ3v) is 3.64. The third kappa shape index (κ3) is 3.58. The van der Waals surface area contributed by atoms with E-state index >= 15 is 0 Å². The van der Waals surface area contributed by atoms with E-state index in [1.165, 1.54) is 14.2 Å². The van der Waals surface area contributed by atoms with Crippen LogP contribution in [0.15, 0.2) is 12.1 Å². The number of amides is 1. The molecule has 0 spiro atoms. The van der Waals surface area contributed by atoms with Gasteiger partial charge in [-0.25, -0.2) is 0 Å². The fourth-order valence-electron chi connectivity index (χ4n) is 2.47. The van der Waals surface area contributed by atoms with Gasteiger partial charge in [0.15, 0.2) is 0 Å². The van der Waals surface area contributed by atoms with Crippen LogP contribution in [0.3, 0.4) is 0 Å². The van der Waals surface area contributed by atoms with Crippen molar-refractivity contribution in [2.45, 2.75) is 31.9 Å². The maximum absolute atomic E-state index is 12.4. The van der Waals surface area contributed by atoms with Crippen molar-refractivity contribution in [1.29, 1.82) is 0 Å². The second kappa shape index (κ2) is 6.67. The van der Waals surface area contributed by atoms with Gasteiger partial charge in [-0.15, -0.1) is 0 Å². The molecule has 1 amide bonds. The van der Waals surface area contributed by atoms with Crippen molar-refractivity contribution in [3.05, 3.63) is 17.7 Å². The smallest absolute Gasteiger partial charge is 0.253 e. The zero-order valence-electron chi connectivity index (χ0n) is 12.6. The Hall–Kier alpha value is -1.95. The van der Waals surface area contributed by atoms with E-state index in [4.69, 9.17) is 19.9 Å². The van der Waals surface area contributed by atoms with Gasteiger partial charge in [-0.05, 0) is 25.8 Å². The summed E-state index contributed by atoms with van der Waals surface area (Å²) in [6.45, 7) is 2.66. The van der Waals surface area contributed by atoms with Crippen molar-refractivity contribution in [2.24, 2.45) is 0 Å². The number of ether oxygens (including phenoxy) is 3. The molecule has 6 heteroatoms. The van der Waals surface area contributed by atoms with Crippen LogP contribution >= 0.6 is 0 Å². The molecule has 0 aromatic heterocycles. The number of hydrogen-bond acceptors (Lipinski definition) is 5. The Bertz CT molecular complexity index is 519. The van der Waals surface area contributed by atoms with Gasteiger partial charge in [-0.2, -0.15) is 0 Å². The summed E-state index contributed by atoms with van der Waals surface area (Å²) in [6, 6.07) is 3.37. The molecule has 1 aliphatic rings. The van der Waals surface area contributed by atoms with Crippen LogP contribution < -0.4 is 20.5 Å². The van der Waals surface area contributed by atoms with E-state index in [1.54, 1.807) is 12.1 Å². The van der Waals surface area contributed by atoms with E-state index in [-0.39, 0.29) is 18.1 Å². The number of carbonyl (C=O) groups is 1. The molecule has 3 N–H and O–H groups in total. The topological polar surface area (TPSA) is 82.8 Å². The predicted molar refractivity (Wildman–Crippen MR) is 79.9 cm³/mol. The molecule has 0 aliphatic carbocycles. The summed E-state index contributed by atoms with van der Waals surface area (Å²) in [7, 11) is 3.04. The summed E-state index contributed by atoms with van der Waals surface area (Å²) in [4.78, 5) is 12.4. The highest BCUT2D eigenvalue weighted by Crippen LogP contribution is 2.31. The first-order valence-electron chi connectivity index (χ1n) is 6.99. The molecule has 2 unspecified atom stereocenters. The van der Waals surface area contributed by atoms with Crippen molar-refractivity contribution < 1.29 is 19.0 Å². The summed E-state index contributed by atoms with van der Waals surface area (Å²) in [6.07, 6.45) is 1.75. The molecule has 6 nitrogen and oxygen atoms in total. The Balaban J connectivity index is 2.18. The highest BCUT2D eigenvalue weighted by atomic mass is 16.5. The van der Waals surface area contributed by atoms with Gasteiger partial charge >= 0.3 is 0 Å². The maximum atomic E-state index is 12.4. The highest BCUT2D eigenvalue weighted by molar-refractivity contribution is 6.01. The first-order valence-corrected chi connectivity index (χ1v) is 6.99. The minimum atomic E-state index is -0.219. The third-order valence-electron chi connectivity index (χ3n) is 3.64. The molecule has 0 radical (unpaired) electrons. The highest BCUT2D eigenvalue weighted by Gasteiger charge is 2.23. The lowest BCUT2D eigenvalue weighted by molar-refractivity contribution is 0.0136. The van der Waals surface area contributed by atoms with E-state index in [0.29, 0.717) is 29.4 Å². The lowest BCUT2D eigenvalue weighted by Crippen LogP contribution is -2.41. The average molecular weight is 294 g/mol. The Morgan fingerprint density at radius 2 is 2.14 bits per heavy atom. The van der Waals surface area contributed by atoms with Crippen molar-refractivity contribution in [2.75, 3.05) is 26.6 Å². The number of nitrogen functional groups attached to an aromatic ring is 1. The molecule has 1 saturated heterocycles. The minimum absolute atomic E-state index is 0.0952. The van der Waals surface area contributed by atoms with E-state index < -0.39 is 0 Å². The molecule has 1 fully saturated rings. The SMILES string of the molecule is COc1cc(OC)c(N)c(C(=O)NC2CCOC(C)C2)c1. The second-order valence-corrected chi connectivity index (χ2v) is 5.17. The van der Waals surface area contributed by atoms with Crippen LogP contribution in [-0.4, -0.2) is 38.9 Å². The first kappa shape index (κ1) is 15.4. The first-order chi connectivity index (χ1) is 10.0. The molecule has 2 rings (SSSR count). The summed E-state index contributed by atoms with van der Waals surface area (Å²) < 4.78 is 15.8. The summed E-state index contributed by atoms with van der Waals surface area (Å²) in [5.74, 6) is 0.746. The lowest BCUT2D eigenvalue weighted by atomic mass is 10.0. The van der Waals surface area contributed by atoms with Gasteiger partial charge in [0.25, 0.3) is 5.91 Å². The zero-order chi connectivity index (χ0) is 15.4. The minimum Gasteiger partial charge on any atom is -0.497 e. The Labute approximate surface area is 124 Å². The van der Waals surface area contributed by atoms with Crippen molar-refractivity contribution in [1.82, 2.24) is 5.32 Å². The molecule has 0 saturated carbocycles. The van der Waals surface area contributed by atoms with Crippen molar-refractivity contribution in [3.8, 4) is 11.5 Å². The summed E-state index contributed by atoms with van der Waals surface area (Å²) in [5, 5.41) is 3.00. The molecule has 116 valence electrons. The van der Waals surface area contributed by atoms with Crippen LogP contribution in [0.25, 0.3) is 0 Å². The van der Waals surface area contributed by atoms with Gasteiger partial charge in [0.05, 0.1) is 31.6 Å². The Kier molecular flexibility index (Phi) is 4.90. The number of benzene rings is 1. The largest absolute Gasteiger partial charge is 0.497 e. The van der Waals surface area contributed by atoms with Crippen LogP contribution in [0.2, 0.25) is 0 Å². The molecule has 1 heterocycles. The molecule has 0 bridgehead atoms. The fraction of sp³-hybridized carbons (Fsp3) is 0.533. The van der Waals surface area contributed by atoms with Gasteiger partial charge in [0.2, 0.25) is 0 Å². The number of nitrogens with two attached hydrogens (primary N) is 1. The van der Waals surface area contributed by atoms with Gasteiger partial charge in [0, 0.05) is 18.7 Å². The zero-order valence-corrected chi connectivity index (χ0v) is 12.6. The summed E-state index contributed by atoms with van der Waals surface area (Å²) >= 11 is 0. The molecule has 1 aromatic rings. The van der Waals surface area contributed by atoms with Gasteiger partial charge in [-0.1, -0.05) is 0 Å². The number of methoxy groups -OCH3 is 2. The monoisotopic (exact) mass is 294 g/mol. The van der Waals surface area contributed by atoms with E-state index in [1.807, 2.05) is 6.92 Å². The van der Waals surface area contributed by atoms with Crippen molar-refractivity contribution >= 4 is 11.6 Å². The lowest BCUT2D eigenvalue weighted by Gasteiger charge is -2.28. The Morgan fingerprint density at radius 3 is 2.76 bits per heavy atom. The molecular weight excluding hydrogens is 272 g/mol. The Morgan fingerprint density at radius 1 is 1.38 bits per heavy atom. The molecule has 1 aromatic carbocycles. The quantitative estimate of drug-likeness (QED) is 0.824. The van der Waals surface area contributed by atoms with Crippen LogP contribution in [0.5, 0.6) is 11.5 Å². The number of nitrogens with one attached hydrogen (secondary N) is 1. The fourth-order valence-corrected chi connectivity index (χ4v) is 2.47. The molecule has 2 atom stereocenters. The van der Waals surface area contributed by atoms with Crippen LogP contribution in [-0.2, 0) is 4.74 Å². The van der Waals surface area contributed by atoms with Gasteiger partial charge in [0.1, 0.15) is 11.5 Å². The predicted octanol–water partition coefficient (Wildman–Crippen LogP) is 1.58. The van der Waals surface area contributed by atoms with E-state index in [2.05, 4.69) is 5.32 Å². The normalized spacial score (nSPS) is 21.7. The van der Waals surface area contributed by atoms with Crippen LogP contribution in [0, 0.1) is 0 Å². The van der Waals surface area contributed by atoms with Gasteiger partial charge < -0.3 is 25.3 Å². The molecular formula is C15H22N2O4. The number of anilines is 1. The summed E-state index contributed by atoms with van der Waals surface area (Å²) in [5.41, 5.74) is 6.67. The number of rotatable bonds is 4. The second-order valence-electron chi connectivity index (χ2n) is 5.17. The number of hydrogen-bond donors (Lipinski definition) is 2. The van der Waals surface area contributed by atoms with Crippen molar-refractivity contribution in [3.63, 3.8) is 0 Å². The number of carbonyl (C=O) groups excluding carboxylic acids is 1. The molecule has 1 aliphatic heterocycles. The van der Waals surface area contributed by atoms with E-state index in [0.717, 1.165) is 12.8 Å². The maximum Gasteiger partial charge on any atom is 0.253 e.